The van der Waals surface area contributed by atoms with Crippen LogP contribution in [0.1, 0.15) is 30.6 Å². The minimum Gasteiger partial charge on any atom is -0.466 e. The highest BCUT2D eigenvalue weighted by Crippen LogP contribution is 2.24. The largest absolute Gasteiger partial charge is 0.466 e. The second-order valence-corrected chi connectivity index (χ2v) is 4.02. The van der Waals surface area contributed by atoms with Gasteiger partial charge in [-0.15, -0.1) is 0 Å². The van der Waals surface area contributed by atoms with E-state index in [0.717, 1.165) is 12.1 Å². The number of carbonyl (C=O) groups is 1. The summed E-state index contributed by atoms with van der Waals surface area (Å²) in [5.74, 6) is -1.19. The first-order valence-electron chi connectivity index (χ1n) is 5.90. The number of benzene rings is 1. The first kappa shape index (κ1) is 15.6. The lowest BCUT2D eigenvalue weighted by molar-refractivity contribution is -0.147. The van der Waals surface area contributed by atoms with Gasteiger partial charge >= 0.3 is 5.97 Å². The van der Waals surface area contributed by atoms with E-state index in [9.17, 15) is 19.4 Å². The molecule has 0 saturated carbocycles. The summed E-state index contributed by atoms with van der Waals surface area (Å²) in [6.45, 7) is 1.33. The van der Waals surface area contributed by atoms with Crippen LogP contribution in [0, 0.1) is 5.82 Å². The second kappa shape index (κ2) is 7.18. The van der Waals surface area contributed by atoms with E-state index in [1.54, 1.807) is 6.92 Å². The topological polar surface area (TPSA) is 87.0 Å². The average Bonchev–Trinajstić information content (AvgIpc) is 2.37. The average molecular weight is 272 g/mol. The Labute approximate surface area is 110 Å². The Morgan fingerprint density at radius 1 is 1.42 bits per heavy atom. The zero-order valence-corrected chi connectivity index (χ0v) is 10.5. The molecular weight excluding hydrogens is 255 g/mol. The monoisotopic (exact) mass is 272 g/mol. The Morgan fingerprint density at radius 2 is 2.11 bits per heavy atom. The maximum absolute atomic E-state index is 13.0. The summed E-state index contributed by atoms with van der Waals surface area (Å²) < 4.78 is 17.6. The van der Waals surface area contributed by atoms with Crippen molar-refractivity contribution in [2.45, 2.75) is 32.2 Å². The first-order valence-corrected chi connectivity index (χ1v) is 5.90. The molecule has 0 aliphatic carbocycles. The third-order valence-electron chi connectivity index (χ3n) is 2.64. The van der Waals surface area contributed by atoms with E-state index >= 15 is 0 Å². The lowest BCUT2D eigenvalue weighted by Crippen LogP contribution is -2.24. The molecule has 0 aliphatic rings. The van der Waals surface area contributed by atoms with Crippen LogP contribution in [0.25, 0.3) is 0 Å². The smallest absolute Gasteiger partial charge is 0.308 e. The Balaban J connectivity index is 2.81. The number of ether oxygens (including phenoxy) is 1. The van der Waals surface area contributed by atoms with E-state index in [2.05, 4.69) is 4.74 Å². The van der Waals surface area contributed by atoms with Gasteiger partial charge in [-0.05, 0) is 30.2 Å². The molecule has 0 aliphatic heterocycles. The van der Waals surface area contributed by atoms with Gasteiger partial charge in [-0.25, -0.2) is 4.39 Å². The number of esters is 1. The van der Waals surface area contributed by atoms with Crippen molar-refractivity contribution in [1.82, 2.24) is 0 Å². The Kier molecular flexibility index (Phi) is 5.88. The molecule has 0 amide bonds. The number of halogens is 1. The fourth-order valence-corrected chi connectivity index (χ4v) is 1.71. The maximum Gasteiger partial charge on any atom is 0.308 e. The number of carbonyl (C=O) groups excluding carboxylic acids is 1. The van der Waals surface area contributed by atoms with Crippen molar-refractivity contribution in [1.29, 1.82) is 0 Å². The van der Waals surface area contributed by atoms with Crippen molar-refractivity contribution in [3.63, 3.8) is 0 Å². The van der Waals surface area contributed by atoms with Gasteiger partial charge in [0.05, 0.1) is 25.7 Å². The highest BCUT2D eigenvalue weighted by molar-refractivity contribution is 5.70. The highest BCUT2D eigenvalue weighted by Gasteiger charge is 2.24. The number of hydrogen-bond donors (Lipinski definition) is 3. The summed E-state index contributed by atoms with van der Waals surface area (Å²) in [6, 6.07) is 3.43. The van der Waals surface area contributed by atoms with Gasteiger partial charge in [0.25, 0.3) is 0 Å². The molecule has 0 aromatic heterocycles. The van der Waals surface area contributed by atoms with Crippen molar-refractivity contribution < 1.29 is 29.2 Å². The van der Waals surface area contributed by atoms with Gasteiger partial charge in [0, 0.05) is 0 Å². The summed E-state index contributed by atoms with van der Waals surface area (Å²) in [4.78, 5) is 11.2. The zero-order chi connectivity index (χ0) is 14.4. The van der Waals surface area contributed by atoms with Crippen molar-refractivity contribution in [2.75, 3.05) is 6.61 Å². The SMILES string of the molecule is CCOC(=O)CC(O)C(O)c1ccc(F)cc1CO. The Hall–Kier alpha value is -1.50. The van der Waals surface area contributed by atoms with E-state index in [4.69, 9.17) is 5.11 Å². The molecule has 106 valence electrons. The van der Waals surface area contributed by atoms with Crippen molar-refractivity contribution in [3.05, 3.63) is 35.1 Å². The van der Waals surface area contributed by atoms with Crippen LogP contribution in [0.5, 0.6) is 0 Å². The quantitative estimate of drug-likeness (QED) is 0.662. The van der Waals surface area contributed by atoms with E-state index in [0.29, 0.717) is 0 Å². The van der Waals surface area contributed by atoms with Crippen LogP contribution in [-0.2, 0) is 16.1 Å². The Bertz CT molecular complexity index is 435. The molecule has 3 N–H and O–H groups in total. The van der Waals surface area contributed by atoms with E-state index in [1.165, 1.54) is 6.07 Å². The van der Waals surface area contributed by atoms with Crippen LogP contribution in [0.3, 0.4) is 0 Å². The molecule has 0 saturated heterocycles. The lowest BCUT2D eigenvalue weighted by atomic mass is 9.97. The minimum absolute atomic E-state index is 0.162. The van der Waals surface area contributed by atoms with Crippen molar-refractivity contribution >= 4 is 5.97 Å². The number of aliphatic hydroxyl groups excluding tert-OH is 3. The number of aliphatic hydroxyl groups is 3. The van der Waals surface area contributed by atoms with Gasteiger partial charge in [0.1, 0.15) is 11.9 Å². The van der Waals surface area contributed by atoms with Crippen molar-refractivity contribution in [2.24, 2.45) is 0 Å². The molecule has 1 rings (SSSR count). The molecular formula is C13H17FO5. The van der Waals surface area contributed by atoms with Crippen LogP contribution in [0.4, 0.5) is 4.39 Å². The van der Waals surface area contributed by atoms with Crippen molar-refractivity contribution in [3.8, 4) is 0 Å². The van der Waals surface area contributed by atoms with Gasteiger partial charge < -0.3 is 20.1 Å². The minimum atomic E-state index is -1.40. The maximum atomic E-state index is 13.0. The first-order chi connectivity index (χ1) is 8.99. The molecule has 2 unspecified atom stereocenters. The van der Waals surface area contributed by atoms with Crippen LogP contribution >= 0.6 is 0 Å². The number of hydrogen-bond acceptors (Lipinski definition) is 5. The molecule has 6 heteroatoms. The fourth-order valence-electron chi connectivity index (χ4n) is 1.71. The Morgan fingerprint density at radius 3 is 2.68 bits per heavy atom. The molecule has 0 bridgehead atoms. The highest BCUT2D eigenvalue weighted by atomic mass is 19.1. The summed E-state index contributed by atoms with van der Waals surface area (Å²) in [6.07, 6.45) is -3.15. The molecule has 19 heavy (non-hydrogen) atoms. The summed E-state index contributed by atoms with van der Waals surface area (Å²) in [5.41, 5.74) is 0.344. The fraction of sp³-hybridized carbons (Fsp3) is 0.462. The third-order valence-corrected chi connectivity index (χ3v) is 2.64. The molecule has 2 atom stereocenters. The normalized spacial score (nSPS) is 13.9. The molecule has 1 aromatic rings. The van der Waals surface area contributed by atoms with E-state index in [1.807, 2.05) is 0 Å². The van der Waals surface area contributed by atoms with Crippen LogP contribution in [0.2, 0.25) is 0 Å². The van der Waals surface area contributed by atoms with Gasteiger partial charge in [0.2, 0.25) is 0 Å². The molecule has 5 nitrogen and oxygen atoms in total. The standard InChI is InChI=1S/C13H17FO5/c1-2-19-12(17)6-11(16)13(18)10-4-3-9(14)5-8(10)7-15/h3-5,11,13,15-16,18H,2,6-7H2,1H3. The third kappa shape index (κ3) is 4.27. The van der Waals surface area contributed by atoms with Gasteiger partial charge in [-0.3, -0.25) is 4.79 Å². The van der Waals surface area contributed by atoms with Crippen LogP contribution < -0.4 is 0 Å². The predicted octanol–water partition coefficient (Wildman–Crippen LogP) is 0.665. The summed E-state index contributed by atoms with van der Waals surface area (Å²) in [7, 11) is 0. The van der Waals surface area contributed by atoms with Crippen LogP contribution in [0.15, 0.2) is 18.2 Å². The predicted molar refractivity (Wildman–Crippen MR) is 64.5 cm³/mol. The van der Waals surface area contributed by atoms with Gasteiger partial charge in [-0.2, -0.15) is 0 Å². The molecule has 0 spiro atoms. The zero-order valence-electron chi connectivity index (χ0n) is 10.5. The van der Waals surface area contributed by atoms with Gasteiger partial charge in [-0.1, -0.05) is 6.07 Å². The molecule has 0 heterocycles. The van der Waals surface area contributed by atoms with Gasteiger partial charge in [0.15, 0.2) is 0 Å². The summed E-state index contributed by atoms with van der Waals surface area (Å²) >= 11 is 0. The number of rotatable bonds is 6. The molecule has 1 aromatic carbocycles. The molecule has 0 radical (unpaired) electrons. The van der Waals surface area contributed by atoms with Crippen LogP contribution in [-0.4, -0.2) is 34.0 Å². The van der Waals surface area contributed by atoms with E-state index < -0.39 is 30.6 Å². The van der Waals surface area contributed by atoms with E-state index in [-0.39, 0.29) is 24.2 Å². The lowest BCUT2D eigenvalue weighted by Gasteiger charge is -2.19. The molecule has 0 fully saturated rings. The summed E-state index contributed by atoms with van der Waals surface area (Å²) in [5, 5.41) is 28.7. The second-order valence-electron chi connectivity index (χ2n) is 4.02.